The fourth-order valence-corrected chi connectivity index (χ4v) is 5.66. The van der Waals surface area contributed by atoms with E-state index in [0.29, 0.717) is 23.2 Å². The molecule has 4 nitrogen and oxygen atoms in total. The Hall–Kier alpha value is -2.75. The van der Waals surface area contributed by atoms with E-state index in [1.54, 1.807) is 19.1 Å². The molecule has 1 aliphatic heterocycles. The number of hydrogen-bond acceptors (Lipinski definition) is 3. The average molecular weight is 373 g/mol. The minimum absolute atomic E-state index is 0.108. The lowest BCUT2D eigenvalue weighted by Gasteiger charge is -2.37. The predicted octanol–water partition coefficient (Wildman–Crippen LogP) is 5.02. The largest absolute Gasteiger partial charge is 0.294 e. The Balaban J connectivity index is 1.69. The van der Waals surface area contributed by atoms with Crippen LogP contribution in [0.15, 0.2) is 47.7 Å². The molecule has 1 spiro atoms. The maximum absolute atomic E-state index is 13.3. The summed E-state index contributed by atoms with van der Waals surface area (Å²) in [6.45, 7) is 1.79. The SMILES string of the molecule is C/C(=C1\C(=O)CCC12CCCCC2)N1C(=O)c2cccc3cccc(c23)C1=O. The fourth-order valence-electron chi connectivity index (χ4n) is 5.66. The summed E-state index contributed by atoms with van der Waals surface area (Å²) in [5.41, 5.74) is 2.21. The van der Waals surface area contributed by atoms with Crippen LogP contribution in [0.25, 0.3) is 10.8 Å². The second-order valence-electron chi connectivity index (χ2n) is 8.38. The number of allylic oxidation sites excluding steroid dienone is 2. The van der Waals surface area contributed by atoms with Crippen LogP contribution in [0.2, 0.25) is 0 Å². The van der Waals surface area contributed by atoms with Gasteiger partial charge in [0.05, 0.1) is 0 Å². The minimum Gasteiger partial charge on any atom is -0.294 e. The second kappa shape index (κ2) is 6.13. The van der Waals surface area contributed by atoms with Crippen LogP contribution < -0.4 is 0 Å². The first kappa shape index (κ1) is 17.4. The molecule has 0 bridgehead atoms. The van der Waals surface area contributed by atoms with E-state index in [1.165, 1.54) is 11.3 Å². The van der Waals surface area contributed by atoms with Gasteiger partial charge in [0, 0.05) is 39.6 Å². The van der Waals surface area contributed by atoms with Crippen molar-refractivity contribution in [2.45, 2.75) is 51.9 Å². The topological polar surface area (TPSA) is 54.5 Å². The number of hydrogen-bond donors (Lipinski definition) is 0. The van der Waals surface area contributed by atoms with Gasteiger partial charge in [0.2, 0.25) is 0 Å². The van der Waals surface area contributed by atoms with Gasteiger partial charge in [0.15, 0.2) is 5.78 Å². The highest BCUT2D eigenvalue weighted by Gasteiger charge is 2.47. The van der Waals surface area contributed by atoms with Gasteiger partial charge >= 0.3 is 0 Å². The lowest BCUT2D eigenvalue weighted by Crippen LogP contribution is -2.41. The lowest BCUT2D eigenvalue weighted by atomic mass is 9.69. The molecule has 28 heavy (non-hydrogen) atoms. The monoisotopic (exact) mass is 373 g/mol. The maximum atomic E-state index is 13.3. The van der Waals surface area contributed by atoms with Crippen LogP contribution in [0, 0.1) is 5.41 Å². The van der Waals surface area contributed by atoms with Gasteiger partial charge in [-0.2, -0.15) is 0 Å². The molecule has 2 fully saturated rings. The number of amides is 2. The van der Waals surface area contributed by atoms with Crippen LogP contribution in [0.1, 0.15) is 72.6 Å². The molecule has 2 saturated carbocycles. The van der Waals surface area contributed by atoms with E-state index in [0.717, 1.165) is 48.4 Å². The molecule has 0 unspecified atom stereocenters. The number of rotatable bonds is 1. The Kier molecular flexibility index (Phi) is 3.80. The number of carbonyl (C=O) groups excluding carboxylic acids is 3. The number of Topliss-reactive ketones (excluding diaryl/α,β-unsaturated/α-hetero) is 1. The molecule has 3 aliphatic rings. The van der Waals surface area contributed by atoms with Gasteiger partial charge in [-0.05, 0) is 43.7 Å². The minimum atomic E-state index is -0.315. The van der Waals surface area contributed by atoms with Crippen molar-refractivity contribution in [3.05, 3.63) is 58.8 Å². The lowest BCUT2D eigenvalue weighted by molar-refractivity contribution is -0.114. The fraction of sp³-hybridized carbons (Fsp3) is 0.375. The van der Waals surface area contributed by atoms with Crippen molar-refractivity contribution in [2.75, 3.05) is 0 Å². The number of nitrogens with zero attached hydrogens (tertiary/aromatic N) is 1. The predicted molar refractivity (Wildman–Crippen MR) is 107 cm³/mol. The van der Waals surface area contributed by atoms with Crippen LogP contribution >= 0.6 is 0 Å². The Morgan fingerprint density at radius 2 is 1.46 bits per heavy atom. The van der Waals surface area contributed by atoms with Crippen molar-refractivity contribution in [2.24, 2.45) is 5.41 Å². The van der Waals surface area contributed by atoms with E-state index >= 15 is 0 Å². The molecule has 0 saturated heterocycles. The third-order valence-corrected chi connectivity index (χ3v) is 6.92. The molecule has 0 N–H and O–H groups in total. The van der Waals surface area contributed by atoms with Gasteiger partial charge in [-0.1, -0.05) is 43.5 Å². The summed E-state index contributed by atoms with van der Waals surface area (Å²) in [7, 11) is 0. The summed E-state index contributed by atoms with van der Waals surface area (Å²) in [5, 5.41) is 1.61. The quantitative estimate of drug-likeness (QED) is 0.521. The van der Waals surface area contributed by atoms with Crippen molar-refractivity contribution in [1.29, 1.82) is 0 Å². The smallest absolute Gasteiger partial charge is 0.265 e. The van der Waals surface area contributed by atoms with E-state index in [-0.39, 0.29) is 23.0 Å². The second-order valence-corrected chi connectivity index (χ2v) is 8.38. The van der Waals surface area contributed by atoms with Crippen LogP contribution in [0.3, 0.4) is 0 Å². The third-order valence-electron chi connectivity index (χ3n) is 6.92. The molecular weight excluding hydrogens is 350 g/mol. The molecule has 4 heteroatoms. The highest BCUT2D eigenvalue weighted by molar-refractivity contribution is 6.26. The maximum Gasteiger partial charge on any atom is 0.265 e. The molecule has 2 aromatic carbocycles. The van der Waals surface area contributed by atoms with Crippen LogP contribution in [-0.4, -0.2) is 22.5 Å². The van der Waals surface area contributed by atoms with E-state index in [2.05, 4.69) is 0 Å². The molecule has 1 heterocycles. The van der Waals surface area contributed by atoms with E-state index in [4.69, 9.17) is 0 Å². The van der Waals surface area contributed by atoms with Gasteiger partial charge < -0.3 is 0 Å². The van der Waals surface area contributed by atoms with Crippen molar-refractivity contribution in [1.82, 2.24) is 4.90 Å². The Morgan fingerprint density at radius 1 is 0.857 bits per heavy atom. The highest BCUT2D eigenvalue weighted by atomic mass is 16.2. The van der Waals surface area contributed by atoms with Gasteiger partial charge in [0.1, 0.15) is 0 Å². The Bertz CT molecular complexity index is 1020. The Morgan fingerprint density at radius 3 is 2.07 bits per heavy atom. The number of carbonyl (C=O) groups is 3. The van der Waals surface area contributed by atoms with Crippen molar-refractivity contribution in [3.63, 3.8) is 0 Å². The zero-order chi connectivity index (χ0) is 19.5. The first-order valence-corrected chi connectivity index (χ1v) is 10.2. The van der Waals surface area contributed by atoms with Gasteiger partial charge in [-0.25, -0.2) is 4.90 Å². The summed E-state index contributed by atoms with van der Waals surface area (Å²) in [4.78, 5) is 40.8. The number of ketones is 1. The molecule has 0 aromatic heterocycles. The van der Waals surface area contributed by atoms with Crippen LogP contribution in [0.4, 0.5) is 0 Å². The normalized spacial score (nSPS) is 23.0. The molecule has 0 radical (unpaired) electrons. The zero-order valence-corrected chi connectivity index (χ0v) is 16.1. The number of benzene rings is 2. The summed E-state index contributed by atoms with van der Waals surface area (Å²) in [6, 6.07) is 11.1. The molecule has 2 amide bonds. The summed E-state index contributed by atoms with van der Waals surface area (Å²) < 4.78 is 0. The van der Waals surface area contributed by atoms with Gasteiger partial charge in [-0.3, -0.25) is 14.4 Å². The summed E-state index contributed by atoms with van der Waals surface area (Å²) in [6.07, 6.45) is 6.74. The molecule has 5 rings (SSSR count). The molecule has 142 valence electrons. The standard InChI is InChI=1S/C24H23NO3/c1-15(21-19(26)11-14-24(21)12-3-2-4-13-24)25-22(27)17-9-5-7-16-8-6-10-18(20(16)17)23(25)28/h5-10H,2-4,11-14H2,1H3/b21-15-. The highest BCUT2D eigenvalue weighted by Crippen LogP contribution is 2.52. The molecule has 2 aliphatic carbocycles. The van der Waals surface area contributed by atoms with E-state index in [1.807, 2.05) is 24.3 Å². The Labute approximate surface area is 164 Å². The van der Waals surface area contributed by atoms with Crippen molar-refractivity contribution in [3.8, 4) is 0 Å². The molecule has 0 atom stereocenters. The van der Waals surface area contributed by atoms with E-state index in [9.17, 15) is 14.4 Å². The molecule has 2 aromatic rings. The van der Waals surface area contributed by atoms with Gasteiger partial charge in [0.25, 0.3) is 11.8 Å². The van der Waals surface area contributed by atoms with Crippen LogP contribution in [0.5, 0.6) is 0 Å². The zero-order valence-electron chi connectivity index (χ0n) is 16.1. The average Bonchev–Trinajstić information content (AvgIpc) is 3.02. The summed E-state index contributed by atoms with van der Waals surface area (Å²) in [5.74, 6) is -0.521. The summed E-state index contributed by atoms with van der Waals surface area (Å²) >= 11 is 0. The third kappa shape index (κ3) is 2.27. The van der Waals surface area contributed by atoms with Crippen LogP contribution in [-0.2, 0) is 4.79 Å². The number of imide groups is 1. The van der Waals surface area contributed by atoms with Gasteiger partial charge in [-0.15, -0.1) is 0 Å². The first-order valence-electron chi connectivity index (χ1n) is 10.2. The first-order chi connectivity index (χ1) is 13.5. The van der Waals surface area contributed by atoms with Crippen molar-refractivity contribution < 1.29 is 14.4 Å². The van der Waals surface area contributed by atoms with E-state index < -0.39 is 0 Å². The molecular formula is C24H23NO3. The van der Waals surface area contributed by atoms with Crippen molar-refractivity contribution >= 4 is 28.4 Å².